The molecular formula is C24H32N2O4S. The second-order valence-electron chi connectivity index (χ2n) is 7.88. The van der Waals surface area contributed by atoms with E-state index in [1.807, 2.05) is 44.2 Å². The van der Waals surface area contributed by atoms with E-state index in [1.165, 1.54) is 4.31 Å². The highest BCUT2D eigenvalue weighted by molar-refractivity contribution is 7.92. The maximum Gasteiger partial charge on any atom is 0.305 e. The molecule has 2 aromatic rings. The Kier molecular flexibility index (Phi) is 7.73. The largest absolute Gasteiger partial charge is 0.466 e. The molecule has 0 radical (unpaired) electrons. The molecular weight excluding hydrogens is 412 g/mol. The van der Waals surface area contributed by atoms with E-state index >= 15 is 0 Å². The second-order valence-corrected chi connectivity index (χ2v) is 9.82. The molecule has 1 aliphatic heterocycles. The van der Waals surface area contributed by atoms with Crippen LogP contribution in [0.15, 0.2) is 47.4 Å². The third-order valence-corrected chi connectivity index (χ3v) is 7.56. The fourth-order valence-electron chi connectivity index (χ4n) is 4.18. The molecule has 6 nitrogen and oxygen atoms in total. The van der Waals surface area contributed by atoms with Crippen molar-refractivity contribution in [3.05, 3.63) is 59.2 Å². The van der Waals surface area contributed by atoms with Crippen LogP contribution < -0.4 is 9.62 Å². The monoisotopic (exact) mass is 444 g/mol. The normalized spacial score (nSPS) is 16.9. The molecule has 0 amide bonds. The lowest BCUT2D eigenvalue weighted by Gasteiger charge is -2.24. The Morgan fingerprint density at radius 2 is 1.74 bits per heavy atom. The molecule has 0 saturated heterocycles. The maximum atomic E-state index is 13.3. The van der Waals surface area contributed by atoms with Gasteiger partial charge in [-0.25, -0.2) is 8.42 Å². The summed E-state index contributed by atoms with van der Waals surface area (Å²) in [5, 5.41) is 3.60. The van der Waals surface area contributed by atoms with Crippen molar-refractivity contribution in [2.24, 2.45) is 0 Å². The van der Waals surface area contributed by atoms with Crippen LogP contribution in [0.3, 0.4) is 0 Å². The molecule has 168 valence electrons. The van der Waals surface area contributed by atoms with Gasteiger partial charge in [-0.2, -0.15) is 0 Å². The van der Waals surface area contributed by atoms with Crippen molar-refractivity contribution >= 4 is 21.7 Å². The van der Waals surface area contributed by atoms with Crippen LogP contribution >= 0.6 is 0 Å². The molecule has 31 heavy (non-hydrogen) atoms. The number of carbonyl (C=O) groups is 1. The lowest BCUT2D eigenvalue weighted by atomic mass is 9.95. The van der Waals surface area contributed by atoms with Crippen LogP contribution in [0.5, 0.6) is 0 Å². The number of carbonyl (C=O) groups excluding carboxylic acids is 1. The Hall–Kier alpha value is -2.38. The number of fused-ring (bicyclic) bond motifs is 2. The predicted octanol–water partition coefficient (Wildman–Crippen LogP) is 4.33. The molecule has 1 N–H and O–H groups in total. The van der Waals surface area contributed by atoms with Gasteiger partial charge in [-0.15, -0.1) is 0 Å². The lowest BCUT2D eigenvalue weighted by Crippen LogP contribution is -2.27. The molecule has 0 spiro atoms. The van der Waals surface area contributed by atoms with Crippen LogP contribution in [-0.4, -0.2) is 34.6 Å². The number of anilines is 1. The van der Waals surface area contributed by atoms with Crippen molar-refractivity contribution in [3.63, 3.8) is 0 Å². The third kappa shape index (κ3) is 5.10. The highest BCUT2D eigenvalue weighted by Gasteiger charge is 2.35. The molecule has 0 aromatic heterocycles. The molecule has 1 heterocycles. The van der Waals surface area contributed by atoms with E-state index < -0.39 is 10.0 Å². The molecule has 1 unspecified atom stereocenters. The third-order valence-electron chi connectivity index (χ3n) is 5.72. The van der Waals surface area contributed by atoms with Crippen molar-refractivity contribution in [1.29, 1.82) is 0 Å². The Morgan fingerprint density at radius 3 is 2.52 bits per heavy atom. The number of nitrogens with one attached hydrogen (secondary N) is 1. The van der Waals surface area contributed by atoms with Gasteiger partial charge in [-0.05, 0) is 56.0 Å². The number of benzene rings is 2. The van der Waals surface area contributed by atoms with E-state index in [9.17, 15) is 13.2 Å². The maximum absolute atomic E-state index is 13.3. The summed E-state index contributed by atoms with van der Waals surface area (Å²) in [5.41, 5.74) is 3.42. The topological polar surface area (TPSA) is 75.7 Å². The summed E-state index contributed by atoms with van der Waals surface area (Å²) < 4.78 is 33.0. The number of rotatable bonds is 9. The summed E-state index contributed by atoms with van der Waals surface area (Å²) in [7, 11) is -2.00. The standard InChI is InChI=1S/C24H32N2O4S/c1-4-30-22(27)16-7-5-6-10-17-25-23-19-13-8-9-15-21(19)31(28,29)26(3)24-18(2)12-11-14-20(23)24/h8-9,11-15,23,25H,4-7,10,16-17H2,1-3H3. The first-order chi connectivity index (χ1) is 14.9. The summed E-state index contributed by atoms with van der Waals surface area (Å²) in [6.07, 6.45) is 4.21. The smallest absolute Gasteiger partial charge is 0.305 e. The number of nitrogens with zero attached hydrogens (tertiary/aromatic N) is 1. The molecule has 0 bridgehead atoms. The highest BCUT2D eigenvalue weighted by atomic mass is 32.2. The summed E-state index contributed by atoms with van der Waals surface area (Å²) >= 11 is 0. The Morgan fingerprint density at radius 1 is 1.03 bits per heavy atom. The van der Waals surface area contributed by atoms with Crippen LogP contribution in [0, 0.1) is 6.92 Å². The van der Waals surface area contributed by atoms with Gasteiger partial charge in [0.25, 0.3) is 10.0 Å². The minimum absolute atomic E-state index is 0.131. The van der Waals surface area contributed by atoms with Gasteiger partial charge in [0.15, 0.2) is 0 Å². The number of esters is 1. The van der Waals surface area contributed by atoms with Gasteiger partial charge in [0.2, 0.25) is 0 Å². The number of unbranched alkanes of at least 4 members (excludes halogenated alkanes) is 3. The van der Waals surface area contributed by atoms with Crippen LogP contribution in [0.2, 0.25) is 0 Å². The lowest BCUT2D eigenvalue weighted by molar-refractivity contribution is -0.143. The predicted molar refractivity (Wildman–Crippen MR) is 123 cm³/mol. The van der Waals surface area contributed by atoms with E-state index in [-0.39, 0.29) is 12.0 Å². The van der Waals surface area contributed by atoms with Crippen LogP contribution in [-0.2, 0) is 19.6 Å². The molecule has 7 heteroatoms. The average Bonchev–Trinajstić information content (AvgIpc) is 2.81. The Bertz CT molecular complexity index is 1020. The number of sulfonamides is 1. The minimum Gasteiger partial charge on any atom is -0.466 e. The van der Waals surface area contributed by atoms with Crippen LogP contribution in [0.4, 0.5) is 5.69 Å². The van der Waals surface area contributed by atoms with Gasteiger partial charge in [-0.3, -0.25) is 9.10 Å². The van der Waals surface area contributed by atoms with Crippen molar-refractivity contribution in [2.75, 3.05) is 24.5 Å². The van der Waals surface area contributed by atoms with Gasteiger partial charge in [0.1, 0.15) is 0 Å². The SMILES string of the molecule is CCOC(=O)CCCCCCNC1c2ccccc2S(=O)(=O)N(C)c2c(C)cccc21. The average molecular weight is 445 g/mol. The van der Waals surface area contributed by atoms with Crippen molar-refractivity contribution in [2.45, 2.75) is 56.9 Å². The first-order valence-electron chi connectivity index (χ1n) is 10.9. The van der Waals surface area contributed by atoms with E-state index in [1.54, 1.807) is 19.2 Å². The fourth-order valence-corrected chi connectivity index (χ4v) is 5.70. The molecule has 2 aromatic carbocycles. The van der Waals surface area contributed by atoms with Gasteiger partial charge in [0.05, 0.1) is 23.2 Å². The van der Waals surface area contributed by atoms with Gasteiger partial charge in [-0.1, -0.05) is 49.2 Å². The summed E-state index contributed by atoms with van der Waals surface area (Å²) in [6, 6.07) is 13.0. The highest BCUT2D eigenvalue weighted by Crippen LogP contribution is 2.41. The summed E-state index contributed by atoms with van der Waals surface area (Å²) in [4.78, 5) is 11.8. The van der Waals surface area contributed by atoms with E-state index in [2.05, 4.69) is 5.32 Å². The first-order valence-corrected chi connectivity index (χ1v) is 12.4. The Balaban J connectivity index is 1.74. The van der Waals surface area contributed by atoms with Crippen LogP contribution in [0.1, 0.15) is 61.8 Å². The van der Waals surface area contributed by atoms with Crippen LogP contribution in [0.25, 0.3) is 0 Å². The van der Waals surface area contributed by atoms with E-state index in [0.717, 1.165) is 54.6 Å². The van der Waals surface area contributed by atoms with Gasteiger partial charge < -0.3 is 10.1 Å². The number of ether oxygens (including phenoxy) is 1. The van der Waals surface area contributed by atoms with Gasteiger partial charge >= 0.3 is 5.97 Å². The number of aryl methyl sites for hydroxylation is 1. The minimum atomic E-state index is -3.63. The number of hydrogen-bond acceptors (Lipinski definition) is 5. The second kappa shape index (κ2) is 10.3. The molecule has 0 fully saturated rings. The van der Waals surface area contributed by atoms with E-state index in [4.69, 9.17) is 4.74 Å². The van der Waals surface area contributed by atoms with Crippen molar-refractivity contribution in [1.82, 2.24) is 5.32 Å². The zero-order chi connectivity index (χ0) is 22.4. The fraction of sp³-hybridized carbons (Fsp3) is 0.458. The molecule has 3 rings (SSSR count). The quantitative estimate of drug-likeness (QED) is 0.460. The van der Waals surface area contributed by atoms with E-state index in [0.29, 0.717) is 17.9 Å². The molecule has 1 atom stereocenters. The van der Waals surface area contributed by atoms with Crippen molar-refractivity contribution in [3.8, 4) is 0 Å². The Labute approximate surface area is 185 Å². The van der Waals surface area contributed by atoms with Gasteiger partial charge in [0, 0.05) is 13.5 Å². The number of hydrogen-bond donors (Lipinski definition) is 1. The summed E-state index contributed by atoms with van der Waals surface area (Å²) in [5.74, 6) is -0.131. The number of para-hydroxylation sites is 1. The van der Waals surface area contributed by atoms with Crippen molar-refractivity contribution < 1.29 is 17.9 Å². The zero-order valence-electron chi connectivity index (χ0n) is 18.6. The molecule has 1 aliphatic rings. The first kappa shape index (κ1) is 23.3. The zero-order valence-corrected chi connectivity index (χ0v) is 19.4. The molecule has 0 aliphatic carbocycles. The molecule has 0 saturated carbocycles. The summed E-state index contributed by atoms with van der Waals surface area (Å²) in [6.45, 7) is 4.95.